The van der Waals surface area contributed by atoms with Crippen LogP contribution in [-0.2, 0) is 16.0 Å². The van der Waals surface area contributed by atoms with Gasteiger partial charge in [-0.15, -0.1) is 5.10 Å². The van der Waals surface area contributed by atoms with E-state index in [-0.39, 0.29) is 41.9 Å². The third kappa shape index (κ3) is 3.84. The van der Waals surface area contributed by atoms with Gasteiger partial charge in [0.2, 0.25) is 17.7 Å². The molecular formula is C20H17N5O4. The number of esters is 1. The summed E-state index contributed by atoms with van der Waals surface area (Å²) < 4.78 is 11.7. The number of amides is 1. The lowest BCUT2D eigenvalue weighted by Gasteiger charge is -2.08. The van der Waals surface area contributed by atoms with Gasteiger partial charge in [0.05, 0.1) is 19.3 Å². The van der Waals surface area contributed by atoms with Crippen molar-refractivity contribution in [2.45, 2.75) is 13.3 Å². The van der Waals surface area contributed by atoms with Crippen molar-refractivity contribution in [3.63, 3.8) is 0 Å². The first kappa shape index (κ1) is 18.4. The fraction of sp³-hybridized carbons (Fsp3) is 0.150. The minimum absolute atomic E-state index is 0.137. The van der Waals surface area contributed by atoms with E-state index in [1.54, 1.807) is 19.1 Å². The van der Waals surface area contributed by atoms with Crippen LogP contribution in [-0.4, -0.2) is 38.1 Å². The molecule has 9 nitrogen and oxygen atoms in total. The summed E-state index contributed by atoms with van der Waals surface area (Å²) >= 11 is 0. The summed E-state index contributed by atoms with van der Waals surface area (Å²) in [5.74, 6) is -0.0362. The summed E-state index contributed by atoms with van der Waals surface area (Å²) in [6, 6.07) is 12.7. The van der Waals surface area contributed by atoms with Crippen LogP contribution in [0.15, 0.2) is 59.3 Å². The Hall–Kier alpha value is -4.01. The van der Waals surface area contributed by atoms with Crippen LogP contribution in [0.25, 0.3) is 17.2 Å². The molecule has 1 amide bonds. The molecule has 0 spiro atoms. The number of nitrogens with zero attached hydrogens (tertiary/aromatic N) is 4. The molecule has 3 aromatic heterocycles. The van der Waals surface area contributed by atoms with Crippen LogP contribution < -0.4 is 5.32 Å². The Bertz CT molecular complexity index is 1150. The third-order valence-electron chi connectivity index (χ3n) is 4.06. The van der Waals surface area contributed by atoms with Crippen LogP contribution in [0, 0.1) is 0 Å². The number of hydrogen-bond acceptors (Lipinski definition) is 7. The van der Waals surface area contributed by atoms with Gasteiger partial charge in [-0.3, -0.25) is 10.1 Å². The van der Waals surface area contributed by atoms with Crippen molar-refractivity contribution < 1.29 is 18.7 Å². The van der Waals surface area contributed by atoms with Crippen LogP contribution >= 0.6 is 0 Å². The van der Waals surface area contributed by atoms with Gasteiger partial charge >= 0.3 is 5.97 Å². The first-order chi connectivity index (χ1) is 14.2. The van der Waals surface area contributed by atoms with Crippen molar-refractivity contribution in [1.82, 2.24) is 19.6 Å². The fourth-order valence-corrected chi connectivity index (χ4v) is 2.77. The number of fused-ring (bicyclic) bond motifs is 1. The number of rotatable bonds is 6. The summed E-state index contributed by atoms with van der Waals surface area (Å²) in [7, 11) is 0. The van der Waals surface area contributed by atoms with Gasteiger partial charge in [-0.2, -0.15) is 4.52 Å². The van der Waals surface area contributed by atoms with Crippen molar-refractivity contribution in [2.75, 3.05) is 11.9 Å². The Kier molecular flexibility index (Phi) is 5.02. The number of furan rings is 1. The second kappa shape index (κ2) is 7.93. The van der Waals surface area contributed by atoms with Gasteiger partial charge in [-0.25, -0.2) is 14.8 Å². The highest BCUT2D eigenvalue weighted by Crippen LogP contribution is 2.21. The molecule has 146 valence electrons. The number of benzene rings is 1. The first-order valence-electron chi connectivity index (χ1n) is 8.96. The molecule has 4 rings (SSSR count). The Labute approximate surface area is 165 Å². The fourth-order valence-electron chi connectivity index (χ4n) is 2.77. The molecule has 0 unspecified atom stereocenters. The number of aromatic nitrogens is 4. The molecule has 9 heteroatoms. The Morgan fingerprint density at radius 3 is 2.72 bits per heavy atom. The first-order valence-corrected chi connectivity index (χ1v) is 8.96. The highest BCUT2D eigenvalue weighted by Gasteiger charge is 2.21. The number of carbonyl (C=O) groups is 2. The number of carbonyl (C=O) groups excluding carboxylic acids is 2. The lowest BCUT2D eigenvalue weighted by atomic mass is 10.1. The number of hydrogen-bond donors (Lipinski definition) is 1. The number of ether oxygens (including phenoxy) is 1. The predicted molar refractivity (Wildman–Crippen MR) is 103 cm³/mol. The minimum Gasteiger partial charge on any atom is -0.462 e. The molecule has 0 atom stereocenters. The SMILES string of the molecule is CCOC(=O)c1cnc(NC(=O)Cc2ccccc2)n2nc(-c3ccco3)nc12. The van der Waals surface area contributed by atoms with Gasteiger partial charge < -0.3 is 9.15 Å². The van der Waals surface area contributed by atoms with Gasteiger partial charge in [-0.1, -0.05) is 30.3 Å². The van der Waals surface area contributed by atoms with Gasteiger partial charge in [0.25, 0.3) is 0 Å². The lowest BCUT2D eigenvalue weighted by molar-refractivity contribution is -0.115. The smallest absolute Gasteiger partial charge is 0.343 e. The van der Waals surface area contributed by atoms with Gasteiger partial charge in [0.15, 0.2) is 11.4 Å². The van der Waals surface area contributed by atoms with E-state index in [0.29, 0.717) is 5.76 Å². The van der Waals surface area contributed by atoms with E-state index in [1.807, 2.05) is 30.3 Å². The van der Waals surface area contributed by atoms with E-state index in [4.69, 9.17) is 9.15 Å². The summed E-state index contributed by atoms with van der Waals surface area (Å²) in [6.45, 7) is 1.92. The van der Waals surface area contributed by atoms with E-state index < -0.39 is 5.97 Å². The maximum atomic E-state index is 12.5. The maximum absolute atomic E-state index is 12.5. The van der Waals surface area contributed by atoms with E-state index in [1.165, 1.54) is 17.0 Å². The monoisotopic (exact) mass is 391 g/mol. The lowest BCUT2D eigenvalue weighted by Crippen LogP contribution is -2.19. The molecule has 4 aromatic rings. The quantitative estimate of drug-likeness (QED) is 0.503. The van der Waals surface area contributed by atoms with Crippen LogP contribution in [0.3, 0.4) is 0 Å². The third-order valence-corrected chi connectivity index (χ3v) is 4.06. The van der Waals surface area contributed by atoms with Gasteiger partial charge in [0.1, 0.15) is 5.56 Å². The van der Waals surface area contributed by atoms with Crippen molar-refractivity contribution >= 4 is 23.5 Å². The van der Waals surface area contributed by atoms with E-state index in [0.717, 1.165) is 5.56 Å². The zero-order valence-corrected chi connectivity index (χ0v) is 15.5. The molecule has 0 radical (unpaired) electrons. The van der Waals surface area contributed by atoms with Crippen LogP contribution in [0.1, 0.15) is 22.8 Å². The number of anilines is 1. The van der Waals surface area contributed by atoms with Gasteiger partial charge in [0, 0.05) is 6.20 Å². The van der Waals surface area contributed by atoms with Crippen molar-refractivity contribution in [1.29, 1.82) is 0 Å². The molecule has 0 aliphatic carbocycles. The summed E-state index contributed by atoms with van der Waals surface area (Å²) in [5.41, 5.74) is 1.21. The second-order valence-corrected chi connectivity index (χ2v) is 6.07. The van der Waals surface area contributed by atoms with Crippen molar-refractivity contribution in [3.05, 3.63) is 66.1 Å². The highest BCUT2D eigenvalue weighted by molar-refractivity contribution is 5.97. The molecule has 0 saturated carbocycles. The van der Waals surface area contributed by atoms with Crippen LogP contribution in [0.5, 0.6) is 0 Å². The molecular weight excluding hydrogens is 374 g/mol. The molecule has 0 fully saturated rings. The standard InChI is InChI=1S/C20H17N5O4/c1-2-28-19(27)14-12-21-20(22-16(26)11-13-7-4-3-5-8-13)25-18(14)23-17(24-25)15-9-6-10-29-15/h3-10,12H,2,11H2,1H3,(H,21,22,26). The highest BCUT2D eigenvalue weighted by atomic mass is 16.5. The van der Waals surface area contributed by atoms with Crippen molar-refractivity contribution in [2.24, 2.45) is 0 Å². The van der Waals surface area contributed by atoms with Crippen molar-refractivity contribution in [3.8, 4) is 11.6 Å². The van der Waals surface area contributed by atoms with Gasteiger partial charge in [-0.05, 0) is 24.6 Å². The average molecular weight is 391 g/mol. The molecule has 0 saturated heterocycles. The zero-order chi connectivity index (χ0) is 20.2. The summed E-state index contributed by atoms with van der Waals surface area (Å²) in [5, 5.41) is 7.06. The van der Waals surface area contributed by atoms with E-state index in [9.17, 15) is 9.59 Å². The average Bonchev–Trinajstić information content (AvgIpc) is 3.39. The topological polar surface area (TPSA) is 112 Å². The van der Waals surface area contributed by atoms with E-state index in [2.05, 4.69) is 20.4 Å². The van der Waals surface area contributed by atoms with Crippen LogP contribution in [0.4, 0.5) is 5.95 Å². The Balaban J connectivity index is 1.71. The Morgan fingerprint density at radius 1 is 1.17 bits per heavy atom. The minimum atomic E-state index is -0.578. The summed E-state index contributed by atoms with van der Waals surface area (Å²) in [6.07, 6.45) is 2.98. The molecule has 3 heterocycles. The maximum Gasteiger partial charge on any atom is 0.343 e. The molecule has 1 N–H and O–H groups in total. The molecule has 29 heavy (non-hydrogen) atoms. The normalized spacial score (nSPS) is 10.8. The van der Waals surface area contributed by atoms with E-state index >= 15 is 0 Å². The number of nitrogens with one attached hydrogen (secondary N) is 1. The zero-order valence-electron chi connectivity index (χ0n) is 15.5. The molecule has 1 aromatic carbocycles. The summed E-state index contributed by atoms with van der Waals surface area (Å²) in [4.78, 5) is 33.3. The van der Waals surface area contributed by atoms with Crippen LogP contribution in [0.2, 0.25) is 0 Å². The molecule has 0 aliphatic heterocycles. The second-order valence-electron chi connectivity index (χ2n) is 6.07. The predicted octanol–water partition coefficient (Wildman–Crippen LogP) is 2.74. The molecule has 0 aliphatic rings. The largest absolute Gasteiger partial charge is 0.462 e. The Morgan fingerprint density at radius 2 is 2.00 bits per heavy atom. The molecule has 0 bridgehead atoms.